The van der Waals surface area contributed by atoms with E-state index in [-0.39, 0.29) is 17.3 Å². The van der Waals surface area contributed by atoms with Crippen molar-refractivity contribution in [2.75, 3.05) is 23.8 Å². The molecule has 0 fully saturated rings. The Balaban J connectivity index is 1.74. The number of nitriles is 1. The summed E-state index contributed by atoms with van der Waals surface area (Å²) >= 11 is 0. The lowest BCUT2D eigenvalue weighted by Crippen LogP contribution is -2.40. The molecule has 0 radical (unpaired) electrons. The molecule has 0 aliphatic carbocycles. The van der Waals surface area contributed by atoms with Gasteiger partial charge in [-0.25, -0.2) is 13.1 Å². The Morgan fingerprint density at radius 1 is 1.00 bits per heavy atom. The van der Waals surface area contributed by atoms with E-state index in [4.69, 9.17) is 5.26 Å². The van der Waals surface area contributed by atoms with Gasteiger partial charge >= 0.3 is 0 Å². The van der Waals surface area contributed by atoms with Gasteiger partial charge in [0.05, 0.1) is 23.1 Å². The van der Waals surface area contributed by atoms with Crippen molar-refractivity contribution in [2.24, 2.45) is 0 Å². The van der Waals surface area contributed by atoms with Gasteiger partial charge in [0.1, 0.15) is 0 Å². The van der Waals surface area contributed by atoms with E-state index < -0.39 is 15.6 Å². The van der Waals surface area contributed by atoms with Gasteiger partial charge in [-0.2, -0.15) is 5.26 Å². The van der Waals surface area contributed by atoms with Gasteiger partial charge in [-0.15, -0.1) is 0 Å². The third kappa shape index (κ3) is 6.44. The topological polar surface area (TPSA) is 102 Å². The highest BCUT2D eigenvalue weighted by atomic mass is 32.2. The van der Waals surface area contributed by atoms with E-state index >= 15 is 0 Å². The minimum atomic E-state index is -3.72. The highest BCUT2D eigenvalue weighted by Gasteiger charge is 2.24. The van der Waals surface area contributed by atoms with Gasteiger partial charge in [0, 0.05) is 29.5 Å². The second-order valence-corrected chi connectivity index (χ2v) is 10.6. The monoisotopic (exact) mass is 476 g/mol. The number of hydrogen-bond acceptors (Lipinski definition) is 5. The highest BCUT2D eigenvalue weighted by molar-refractivity contribution is 7.89. The predicted octanol–water partition coefficient (Wildman–Crippen LogP) is 4.38. The largest absolute Gasteiger partial charge is 0.365 e. The van der Waals surface area contributed by atoms with Crippen molar-refractivity contribution >= 4 is 27.3 Å². The number of carbonyl (C=O) groups is 1. The summed E-state index contributed by atoms with van der Waals surface area (Å²) in [5, 5.41) is 11.9. The van der Waals surface area contributed by atoms with Crippen molar-refractivity contribution in [1.29, 1.82) is 5.26 Å². The van der Waals surface area contributed by atoms with Gasteiger partial charge in [-0.3, -0.25) is 4.79 Å². The summed E-state index contributed by atoms with van der Waals surface area (Å²) in [4.78, 5) is 14.5. The van der Waals surface area contributed by atoms with Gasteiger partial charge in [0.2, 0.25) is 15.9 Å². The molecule has 0 saturated heterocycles. The van der Waals surface area contributed by atoms with Crippen molar-refractivity contribution in [3.05, 3.63) is 78.4 Å². The maximum absolute atomic E-state index is 12.9. The summed E-state index contributed by atoms with van der Waals surface area (Å²) in [5.41, 5.74) is 2.59. The highest BCUT2D eigenvalue weighted by Crippen LogP contribution is 2.29. The molecule has 0 aliphatic heterocycles. The molecule has 0 saturated carbocycles. The molecule has 0 aromatic heterocycles. The molecule has 0 bridgehead atoms. The molecule has 0 atom stereocenters. The first kappa shape index (κ1) is 25.0. The van der Waals surface area contributed by atoms with Crippen LogP contribution in [0, 0.1) is 11.3 Å². The van der Waals surface area contributed by atoms with Crippen LogP contribution in [0.25, 0.3) is 11.1 Å². The van der Waals surface area contributed by atoms with Crippen LogP contribution in [0.5, 0.6) is 0 Å². The number of nitrogens with one attached hydrogen (secondary N) is 2. The standard InChI is InChI=1S/C26H28N4O3S/c1-26(2,3)29-34(32,33)24-11-6-5-10-23(24)20-12-14-21(15-13-20)28-25(31)18-30(4)22-9-7-8-19(16-22)17-27/h5-16,29H,18H2,1-4H3,(H,28,31). The summed E-state index contributed by atoms with van der Waals surface area (Å²) < 4.78 is 28.5. The number of rotatable bonds is 7. The molecule has 176 valence electrons. The minimum Gasteiger partial charge on any atom is -0.365 e. The third-order valence-corrected chi connectivity index (χ3v) is 6.71. The first-order valence-electron chi connectivity index (χ1n) is 10.7. The van der Waals surface area contributed by atoms with Crippen molar-refractivity contribution in [2.45, 2.75) is 31.2 Å². The molecule has 3 rings (SSSR count). The second kappa shape index (κ2) is 10.1. The van der Waals surface area contributed by atoms with Crippen LogP contribution in [0.15, 0.2) is 77.7 Å². The maximum Gasteiger partial charge on any atom is 0.243 e. The van der Waals surface area contributed by atoms with Crippen molar-refractivity contribution < 1.29 is 13.2 Å². The lowest BCUT2D eigenvalue weighted by molar-refractivity contribution is -0.114. The van der Waals surface area contributed by atoms with Crippen LogP contribution in [0.4, 0.5) is 11.4 Å². The van der Waals surface area contributed by atoms with E-state index in [1.807, 2.05) is 6.07 Å². The zero-order valence-corrected chi connectivity index (χ0v) is 20.5. The summed E-state index contributed by atoms with van der Waals surface area (Å²) in [6.45, 7) is 5.49. The number of benzene rings is 3. The Morgan fingerprint density at radius 3 is 2.32 bits per heavy atom. The normalized spacial score (nSPS) is 11.5. The molecule has 2 N–H and O–H groups in total. The number of anilines is 2. The average Bonchev–Trinajstić information content (AvgIpc) is 2.78. The molecule has 0 heterocycles. The van der Waals surface area contributed by atoms with Gasteiger partial charge in [-0.1, -0.05) is 36.4 Å². The van der Waals surface area contributed by atoms with Crippen LogP contribution in [0.3, 0.4) is 0 Å². The molecule has 7 nitrogen and oxygen atoms in total. The van der Waals surface area contributed by atoms with Crippen LogP contribution in [0.1, 0.15) is 26.3 Å². The van der Waals surface area contributed by atoms with E-state index in [9.17, 15) is 13.2 Å². The van der Waals surface area contributed by atoms with Crippen LogP contribution < -0.4 is 14.9 Å². The molecular weight excluding hydrogens is 448 g/mol. The van der Waals surface area contributed by atoms with Gasteiger partial charge in [-0.05, 0) is 62.7 Å². The summed E-state index contributed by atoms with van der Waals surface area (Å²) in [5.74, 6) is -0.213. The molecule has 3 aromatic carbocycles. The molecule has 0 aliphatic rings. The summed E-state index contributed by atoms with van der Waals surface area (Å²) in [6, 6.07) is 23.0. The number of sulfonamides is 1. The van der Waals surface area contributed by atoms with E-state index in [2.05, 4.69) is 16.1 Å². The third-order valence-electron chi connectivity index (χ3n) is 4.89. The van der Waals surface area contributed by atoms with Crippen LogP contribution in [0.2, 0.25) is 0 Å². The smallest absolute Gasteiger partial charge is 0.243 e. The Hall–Kier alpha value is -3.67. The maximum atomic E-state index is 12.9. The molecule has 34 heavy (non-hydrogen) atoms. The number of amides is 1. The fourth-order valence-electron chi connectivity index (χ4n) is 3.45. The average molecular weight is 477 g/mol. The quantitative estimate of drug-likeness (QED) is 0.527. The van der Waals surface area contributed by atoms with Gasteiger partial charge in [0.25, 0.3) is 0 Å². The van der Waals surface area contributed by atoms with Crippen molar-refractivity contribution in [3.8, 4) is 17.2 Å². The zero-order valence-electron chi connectivity index (χ0n) is 19.7. The van der Waals surface area contributed by atoms with Crippen LogP contribution >= 0.6 is 0 Å². The van der Waals surface area contributed by atoms with Crippen molar-refractivity contribution in [1.82, 2.24) is 4.72 Å². The molecule has 1 amide bonds. The zero-order chi connectivity index (χ0) is 24.9. The molecule has 8 heteroatoms. The van der Waals surface area contributed by atoms with Gasteiger partial charge < -0.3 is 10.2 Å². The fourth-order valence-corrected chi connectivity index (χ4v) is 5.10. The number of carbonyl (C=O) groups excluding carboxylic acids is 1. The van der Waals surface area contributed by atoms with Gasteiger partial charge in [0.15, 0.2) is 0 Å². The molecular formula is C26H28N4O3S. The lowest BCUT2D eigenvalue weighted by atomic mass is 10.1. The molecule has 3 aromatic rings. The minimum absolute atomic E-state index is 0.107. The van der Waals surface area contributed by atoms with E-state index in [0.29, 0.717) is 16.8 Å². The molecule has 0 spiro atoms. The van der Waals surface area contributed by atoms with E-state index in [1.54, 1.807) is 99.4 Å². The first-order valence-corrected chi connectivity index (χ1v) is 12.2. The molecule has 0 unspecified atom stereocenters. The summed E-state index contributed by atoms with van der Waals surface area (Å²) in [6.07, 6.45) is 0. The second-order valence-electron chi connectivity index (χ2n) is 9.00. The van der Waals surface area contributed by atoms with Crippen LogP contribution in [-0.4, -0.2) is 33.5 Å². The van der Waals surface area contributed by atoms with E-state index in [1.165, 1.54) is 0 Å². The SMILES string of the molecule is CN(CC(=O)Nc1ccc(-c2ccccc2S(=O)(=O)NC(C)(C)C)cc1)c1cccc(C#N)c1. The fraction of sp³-hybridized carbons (Fsp3) is 0.231. The lowest BCUT2D eigenvalue weighted by Gasteiger charge is -2.21. The Labute approximate surface area is 201 Å². The van der Waals surface area contributed by atoms with E-state index in [0.717, 1.165) is 11.3 Å². The summed E-state index contributed by atoms with van der Waals surface area (Å²) in [7, 11) is -1.94. The predicted molar refractivity (Wildman–Crippen MR) is 135 cm³/mol. The first-order chi connectivity index (χ1) is 16.0. The Morgan fingerprint density at radius 2 is 1.68 bits per heavy atom. The number of hydrogen-bond donors (Lipinski definition) is 2. The Kier molecular flexibility index (Phi) is 7.40. The number of nitrogens with zero attached hydrogens (tertiary/aromatic N) is 2. The Bertz CT molecular complexity index is 1320. The van der Waals surface area contributed by atoms with Crippen molar-refractivity contribution in [3.63, 3.8) is 0 Å². The number of likely N-dealkylation sites (N-methyl/N-ethyl adjacent to an activating group) is 1. The van der Waals surface area contributed by atoms with Crippen LogP contribution in [-0.2, 0) is 14.8 Å².